The summed E-state index contributed by atoms with van der Waals surface area (Å²) in [5, 5.41) is 0. The second-order valence-electron chi connectivity index (χ2n) is 6.34. The largest absolute Gasteiger partial charge is 0.475 e. The molecule has 4 heterocycles. The summed E-state index contributed by atoms with van der Waals surface area (Å²) in [6.07, 6.45) is 4.45. The Morgan fingerprint density at radius 3 is 2.96 bits per heavy atom. The van der Waals surface area contributed by atoms with Gasteiger partial charge in [0.15, 0.2) is 11.7 Å². The Bertz CT molecular complexity index is 667. The molecule has 0 saturated carbocycles. The number of hydrogen-bond acceptors (Lipinski definition) is 6. The van der Waals surface area contributed by atoms with E-state index in [0.717, 1.165) is 67.7 Å². The Kier molecular flexibility index (Phi) is 3.85. The molecule has 2 aromatic heterocycles. The fourth-order valence-corrected chi connectivity index (χ4v) is 3.21. The number of nitrogens with zero attached hydrogens (tertiary/aromatic N) is 2. The van der Waals surface area contributed by atoms with Crippen LogP contribution in [0.1, 0.15) is 61.6 Å². The van der Waals surface area contributed by atoms with Gasteiger partial charge >= 0.3 is 0 Å². The maximum atomic E-state index is 5.93. The van der Waals surface area contributed by atoms with Gasteiger partial charge in [0.05, 0.1) is 19.3 Å². The second kappa shape index (κ2) is 6.00. The molecule has 2 atom stereocenters. The predicted octanol–water partition coefficient (Wildman–Crippen LogP) is 3.19. The van der Waals surface area contributed by atoms with Gasteiger partial charge in [-0.3, -0.25) is 0 Å². The van der Waals surface area contributed by atoms with Crippen molar-refractivity contribution in [1.82, 2.24) is 9.97 Å². The Balaban J connectivity index is 1.43. The summed E-state index contributed by atoms with van der Waals surface area (Å²) >= 11 is 0. The van der Waals surface area contributed by atoms with E-state index in [9.17, 15) is 0 Å². The van der Waals surface area contributed by atoms with Gasteiger partial charge in [0.1, 0.15) is 11.5 Å². The van der Waals surface area contributed by atoms with Crippen molar-refractivity contribution in [1.29, 1.82) is 0 Å². The second-order valence-corrected chi connectivity index (χ2v) is 6.34. The fraction of sp³-hybridized carbons (Fsp3) is 0.647. The fourth-order valence-electron chi connectivity index (χ4n) is 3.21. The molecule has 0 saturated heterocycles. The van der Waals surface area contributed by atoms with Crippen molar-refractivity contribution in [3.8, 4) is 5.88 Å². The lowest BCUT2D eigenvalue weighted by atomic mass is 9.99. The molecule has 2 aliphatic heterocycles. The van der Waals surface area contributed by atoms with E-state index in [1.807, 2.05) is 6.92 Å². The number of rotatable bonds is 4. The molecule has 0 amide bonds. The van der Waals surface area contributed by atoms with Crippen molar-refractivity contribution in [3.05, 3.63) is 29.0 Å². The minimum absolute atomic E-state index is 0.111. The van der Waals surface area contributed by atoms with Gasteiger partial charge in [-0.25, -0.2) is 4.98 Å². The third kappa shape index (κ3) is 2.87. The first kappa shape index (κ1) is 14.8. The molecular formula is C17H22N2O4. The molecule has 0 spiro atoms. The van der Waals surface area contributed by atoms with Gasteiger partial charge < -0.3 is 18.3 Å². The molecule has 0 radical (unpaired) electrons. The van der Waals surface area contributed by atoms with E-state index in [-0.39, 0.29) is 12.0 Å². The standard InChI is InChI=1S/C17H22N2O4/c1-3-15-18-12-9-21-11(8-14(12)22-15)7-10(2)16-19-17-13(23-16)5-4-6-20-17/h10-11H,3-9H2,1-2H3. The average Bonchev–Trinajstić information content (AvgIpc) is 3.17. The molecule has 0 aliphatic carbocycles. The quantitative estimate of drug-likeness (QED) is 0.862. The van der Waals surface area contributed by atoms with Crippen molar-refractivity contribution in [2.45, 2.75) is 64.6 Å². The number of hydrogen-bond donors (Lipinski definition) is 0. The van der Waals surface area contributed by atoms with E-state index in [4.69, 9.17) is 18.3 Å². The zero-order valence-corrected chi connectivity index (χ0v) is 13.6. The SMILES string of the molecule is CCc1nc2c(o1)CC(CC(C)c1nc3c(o1)CCCO3)OC2. The highest BCUT2D eigenvalue weighted by atomic mass is 16.5. The third-order valence-corrected chi connectivity index (χ3v) is 4.50. The zero-order valence-electron chi connectivity index (χ0n) is 13.6. The van der Waals surface area contributed by atoms with Gasteiger partial charge in [-0.15, -0.1) is 0 Å². The Labute approximate surface area is 135 Å². The van der Waals surface area contributed by atoms with Crippen LogP contribution in [-0.4, -0.2) is 22.7 Å². The minimum Gasteiger partial charge on any atom is -0.475 e. The molecule has 124 valence electrons. The average molecular weight is 318 g/mol. The van der Waals surface area contributed by atoms with E-state index in [0.29, 0.717) is 12.5 Å². The van der Waals surface area contributed by atoms with E-state index >= 15 is 0 Å². The summed E-state index contributed by atoms with van der Waals surface area (Å²) in [5.74, 6) is 4.26. The number of fused-ring (bicyclic) bond motifs is 2. The van der Waals surface area contributed by atoms with Gasteiger partial charge in [-0.1, -0.05) is 13.8 Å². The lowest BCUT2D eigenvalue weighted by molar-refractivity contribution is 0.0116. The van der Waals surface area contributed by atoms with E-state index in [2.05, 4.69) is 16.9 Å². The van der Waals surface area contributed by atoms with Crippen molar-refractivity contribution < 1.29 is 18.3 Å². The topological polar surface area (TPSA) is 70.5 Å². The number of aromatic nitrogens is 2. The monoisotopic (exact) mass is 318 g/mol. The minimum atomic E-state index is 0.111. The summed E-state index contributed by atoms with van der Waals surface area (Å²) in [7, 11) is 0. The number of oxazole rings is 2. The summed E-state index contributed by atoms with van der Waals surface area (Å²) in [6.45, 7) is 5.42. The van der Waals surface area contributed by atoms with Crippen LogP contribution in [0.2, 0.25) is 0 Å². The summed E-state index contributed by atoms with van der Waals surface area (Å²) in [4.78, 5) is 8.94. The molecule has 0 aromatic carbocycles. The number of aryl methyl sites for hydroxylation is 2. The van der Waals surface area contributed by atoms with Gasteiger partial charge in [0.2, 0.25) is 5.89 Å². The first-order valence-corrected chi connectivity index (χ1v) is 8.44. The smallest absolute Gasteiger partial charge is 0.256 e. The highest BCUT2D eigenvalue weighted by Gasteiger charge is 2.28. The Morgan fingerprint density at radius 1 is 1.22 bits per heavy atom. The highest BCUT2D eigenvalue weighted by Crippen LogP contribution is 2.32. The maximum Gasteiger partial charge on any atom is 0.256 e. The van der Waals surface area contributed by atoms with Crippen LogP contribution in [0.4, 0.5) is 0 Å². The summed E-state index contributed by atoms with van der Waals surface area (Å²) in [6, 6.07) is 0. The van der Waals surface area contributed by atoms with Crippen LogP contribution in [0.25, 0.3) is 0 Å². The first-order valence-electron chi connectivity index (χ1n) is 8.44. The zero-order chi connectivity index (χ0) is 15.8. The molecule has 6 nitrogen and oxygen atoms in total. The van der Waals surface area contributed by atoms with Gasteiger partial charge in [0.25, 0.3) is 5.88 Å². The molecule has 2 unspecified atom stereocenters. The molecule has 2 aromatic rings. The Hall–Kier alpha value is -1.82. The van der Waals surface area contributed by atoms with Crippen LogP contribution in [0.15, 0.2) is 8.83 Å². The predicted molar refractivity (Wildman–Crippen MR) is 81.5 cm³/mol. The molecule has 6 heteroatoms. The highest BCUT2D eigenvalue weighted by molar-refractivity contribution is 5.20. The van der Waals surface area contributed by atoms with Crippen LogP contribution in [0.3, 0.4) is 0 Å². The molecule has 4 rings (SSSR count). The van der Waals surface area contributed by atoms with Crippen LogP contribution in [-0.2, 0) is 30.6 Å². The van der Waals surface area contributed by atoms with Crippen LogP contribution in [0.5, 0.6) is 5.88 Å². The van der Waals surface area contributed by atoms with Crippen molar-refractivity contribution >= 4 is 0 Å². The van der Waals surface area contributed by atoms with Crippen molar-refractivity contribution in [3.63, 3.8) is 0 Å². The van der Waals surface area contributed by atoms with E-state index in [1.54, 1.807) is 0 Å². The van der Waals surface area contributed by atoms with Crippen LogP contribution >= 0.6 is 0 Å². The normalized spacial score (nSPS) is 21.4. The molecule has 0 bridgehead atoms. The number of ether oxygens (including phenoxy) is 2. The van der Waals surface area contributed by atoms with E-state index < -0.39 is 0 Å². The van der Waals surface area contributed by atoms with Crippen LogP contribution < -0.4 is 4.74 Å². The van der Waals surface area contributed by atoms with Crippen LogP contribution in [0, 0.1) is 0 Å². The van der Waals surface area contributed by atoms with Gasteiger partial charge in [-0.05, 0) is 12.8 Å². The van der Waals surface area contributed by atoms with Gasteiger partial charge in [0, 0.05) is 25.2 Å². The lowest BCUT2D eigenvalue weighted by Gasteiger charge is -2.22. The summed E-state index contributed by atoms with van der Waals surface area (Å²) < 4.78 is 23.1. The molecule has 0 N–H and O–H groups in total. The van der Waals surface area contributed by atoms with Crippen molar-refractivity contribution in [2.24, 2.45) is 0 Å². The molecular weight excluding hydrogens is 296 g/mol. The third-order valence-electron chi connectivity index (χ3n) is 4.50. The molecule has 2 aliphatic rings. The molecule has 0 fully saturated rings. The van der Waals surface area contributed by atoms with E-state index in [1.165, 1.54) is 0 Å². The molecule has 23 heavy (non-hydrogen) atoms. The first-order chi connectivity index (χ1) is 11.2. The maximum absolute atomic E-state index is 5.93. The lowest BCUT2D eigenvalue weighted by Crippen LogP contribution is -2.23. The summed E-state index contributed by atoms with van der Waals surface area (Å²) in [5.41, 5.74) is 0.950. The van der Waals surface area contributed by atoms with Crippen molar-refractivity contribution in [2.75, 3.05) is 6.61 Å². The Morgan fingerprint density at radius 2 is 2.13 bits per heavy atom. The van der Waals surface area contributed by atoms with Gasteiger partial charge in [-0.2, -0.15) is 4.98 Å².